The summed E-state index contributed by atoms with van der Waals surface area (Å²) in [5, 5.41) is 5.01. The standard InChI is InChI=1S/C36H23N3OP/c40-41-38(26-11-3-1-4-12-26)34-20-19-24(23-35(34)39(41)27-13-5-2-6-14-27)25-21-30-28-15-7-9-17-32(28)37-33-18-10-8-16-29(33)31(22-25)36(30)37/h1-23H/q+1. The van der Waals surface area contributed by atoms with Crippen molar-refractivity contribution in [3.8, 4) is 22.5 Å². The lowest BCUT2D eigenvalue weighted by molar-refractivity contribution is 0.589. The number of para-hydroxylation sites is 4. The molecular formula is C36H23N3OP+. The molecule has 192 valence electrons. The van der Waals surface area contributed by atoms with Crippen LogP contribution in [0.4, 0.5) is 0 Å². The summed E-state index contributed by atoms with van der Waals surface area (Å²) >= 11 is 0. The first-order chi connectivity index (χ1) is 20.3. The van der Waals surface area contributed by atoms with E-state index in [0.29, 0.717) is 0 Å². The number of benzene rings is 6. The highest BCUT2D eigenvalue weighted by atomic mass is 31.1. The predicted octanol–water partition coefficient (Wildman–Crippen LogP) is 9.98. The molecule has 0 N–H and O–H groups in total. The molecule has 3 aromatic heterocycles. The SMILES string of the molecule is O=[p+]1n(-c2ccccc2)c2ccc(-c3cc4c5ccccc5n5c6ccccc6c(c3)c45)cc2n1-c1ccccc1. The highest BCUT2D eigenvalue weighted by Crippen LogP contribution is 2.43. The second kappa shape index (κ2) is 8.41. The molecule has 0 aliphatic heterocycles. The minimum atomic E-state index is -1.92. The van der Waals surface area contributed by atoms with E-state index in [-0.39, 0.29) is 0 Å². The van der Waals surface area contributed by atoms with Crippen molar-refractivity contribution in [3.05, 3.63) is 140 Å². The predicted molar refractivity (Wildman–Crippen MR) is 170 cm³/mol. The number of hydrogen-bond donors (Lipinski definition) is 0. The van der Waals surface area contributed by atoms with Crippen LogP contribution in [0.5, 0.6) is 0 Å². The molecule has 0 spiro atoms. The Hall–Kier alpha value is -5.18. The van der Waals surface area contributed by atoms with Gasteiger partial charge in [0.05, 0.1) is 27.9 Å². The Kier molecular flexibility index (Phi) is 4.64. The van der Waals surface area contributed by atoms with Crippen molar-refractivity contribution >= 4 is 56.9 Å². The zero-order valence-corrected chi connectivity index (χ0v) is 22.9. The topological polar surface area (TPSA) is 31.3 Å². The lowest BCUT2D eigenvalue weighted by Gasteiger charge is -2.05. The lowest BCUT2D eigenvalue weighted by Crippen LogP contribution is -1.89. The maximum atomic E-state index is 14.1. The maximum absolute atomic E-state index is 14.1. The van der Waals surface area contributed by atoms with Crippen LogP contribution in [-0.2, 0) is 4.57 Å². The largest absolute Gasteiger partial charge is 0.605 e. The van der Waals surface area contributed by atoms with Crippen LogP contribution < -0.4 is 0 Å². The van der Waals surface area contributed by atoms with Crippen LogP contribution in [-0.4, -0.2) is 13.1 Å². The molecule has 0 radical (unpaired) electrons. The Balaban J connectivity index is 1.37. The van der Waals surface area contributed by atoms with E-state index in [9.17, 15) is 4.57 Å². The molecule has 4 nitrogen and oxygen atoms in total. The van der Waals surface area contributed by atoms with Crippen LogP contribution in [0.25, 0.3) is 71.6 Å². The molecule has 0 saturated carbocycles. The molecule has 6 aromatic carbocycles. The van der Waals surface area contributed by atoms with Crippen molar-refractivity contribution in [3.63, 3.8) is 0 Å². The fourth-order valence-electron chi connectivity index (χ4n) is 6.56. The lowest BCUT2D eigenvalue weighted by atomic mass is 9.99. The summed E-state index contributed by atoms with van der Waals surface area (Å²) in [5.74, 6) is 0. The fraction of sp³-hybridized carbons (Fsp3) is 0. The van der Waals surface area contributed by atoms with Crippen LogP contribution in [0.3, 0.4) is 0 Å². The molecule has 9 aromatic rings. The van der Waals surface area contributed by atoms with E-state index in [1.54, 1.807) is 0 Å². The van der Waals surface area contributed by atoms with E-state index in [1.165, 1.54) is 38.1 Å². The Bertz CT molecular complexity index is 2400. The molecule has 1 unspecified atom stereocenters. The van der Waals surface area contributed by atoms with Gasteiger partial charge in [0, 0.05) is 21.5 Å². The van der Waals surface area contributed by atoms with E-state index in [0.717, 1.165) is 33.5 Å². The zero-order valence-electron chi connectivity index (χ0n) is 22.0. The van der Waals surface area contributed by atoms with Crippen molar-refractivity contribution in [2.45, 2.75) is 0 Å². The van der Waals surface area contributed by atoms with Crippen LogP contribution in [0, 0.1) is 0 Å². The van der Waals surface area contributed by atoms with Crippen LogP contribution in [0.2, 0.25) is 0 Å². The van der Waals surface area contributed by atoms with Gasteiger partial charge in [-0.2, -0.15) is 0 Å². The monoisotopic (exact) mass is 544 g/mol. The summed E-state index contributed by atoms with van der Waals surface area (Å²) in [6, 6.07) is 48.5. The second-order valence-electron chi connectivity index (χ2n) is 10.5. The molecule has 5 heteroatoms. The van der Waals surface area contributed by atoms with Crippen LogP contribution >= 0.6 is 7.73 Å². The number of nitrogens with zero attached hydrogens (tertiary/aromatic N) is 3. The fourth-order valence-corrected chi connectivity index (χ4v) is 8.09. The average Bonchev–Trinajstić information content (AvgIpc) is 3.65. The van der Waals surface area contributed by atoms with Crippen molar-refractivity contribution in [1.82, 2.24) is 13.1 Å². The van der Waals surface area contributed by atoms with Gasteiger partial charge in [-0.25, -0.2) is 0 Å². The van der Waals surface area contributed by atoms with E-state index < -0.39 is 7.73 Å². The molecule has 0 saturated heterocycles. The first kappa shape index (κ1) is 22.6. The highest BCUT2D eigenvalue weighted by Gasteiger charge is 2.27. The molecule has 0 bridgehead atoms. The third-order valence-electron chi connectivity index (χ3n) is 8.31. The summed E-state index contributed by atoms with van der Waals surface area (Å²) in [5.41, 5.74) is 9.68. The van der Waals surface area contributed by atoms with E-state index in [2.05, 4.69) is 83.3 Å². The second-order valence-corrected chi connectivity index (χ2v) is 11.8. The van der Waals surface area contributed by atoms with E-state index in [1.807, 2.05) is 69.3 Å². The molecule has 3 heterocycles. The van der Waals surface area contributed by atoms with E-state index in [4.69, 9.17) is 0 Å². The Morgan fingerprint density at radius 2 is 0.927 bits per heavy atom. The summed E-state index contributed by atoms with van der Waals surface area (Å²) in [7, 11) is -1.92. The molecule has 41 heavy (non-hydrogen) atoms. The van der Waals surface area contributed by atoms with Gasteiger partial charge in [0.25, 0.3) is 0 Å². The summed E-state index contributed by atoms with van der Waals surface area (Å²) in [4.78, 5) is 0. The molecule has 0 aliphatic carbocycles. The minimum absolute atomic E-state index is 0.913. The summed E-state index contributed by atoms with van der Waals surface area (Å²) < 4.78 is 20.5. The van der Waals surface area contributed by atoms with Crippen molar-refractivity contribution < 1.29 is 4.57 Å². The Labute approximate surface area is 236 Å². The normalized spacial score (nSPS) is 12.4. The quantitative estimate of drug-likeness (QED) is 0.218. The summed E-state index contributed by atoms with van der Waals surface area (Å²) in [6.45, 7) is 0. The van der Waals surface area contributed by atoms with Gasteiger partial charge in [-0.15, -0.1) is 8.66 Å². The molecule has 0 fully saturated rings. The van der Waals surface area contributed by atoms with Crippen molar-refractivity contribution in [2.75, 3.05) is 0 Å². The number of aromatic nitrogens is 3. The van der Waals surface area contributed by atoms with Crippen LogP contribution in [0.15, 0.2) is 140 Å². The van der Waals surface area contributed by atoms with Crippen molar-refractivity contribution in [2.24, 2.45) is 0 Å². The minimum Gasteiger partial charge on any atom is -0.308 e. The molecule has 1 atom stereocenters. The van der Waals surface area contributed by atoms with Gasteiger partial charge in [-0.1, -0.05) is 78.9 Å². The average molecular weight is 545 g/mol. The van der Waals surface area contributed by atoms with Gasteiger partial charge >= 0.3 is 7.73 Å². The number of hydrogen-bond acceptors (Lipinski definition) is 1. The summed E-state index contributed by atoms with van der Waals surface area (Å²) in [6.07, 6.45) is 0. The first-order valence-electron chi connectivity index (χ1n) is 13.8. The zero-order chi connectivity index (χ0) is 27.1. The Morgan fingerprint density at radius 1 is 0.415 bits per heavy atom. The van der Waals surface area contributed by atoms with Gasteiger partial charge in [-0.3, -0.25) is 0 Å². The number of rotatable bonds is 3. The van der Waals surface area contributed by atoms with Crippen molar-refractivity contribution in [1.29, 1.82) is 0 Å². The van der Waals surface area contributed by atoms with Gasteiger partial charge in [0.15, 0.2) is 0 Å². The molecule has 0 amide bonds. The molecule has 9 rings (SSSR count). The highest BCUT2D eigenvalue weighted by molar-refractivity contribution is 7.30. The van der Waals surface area contributed by atoms with Gasteiger partial charge in [-0.05, 0) is 76.4 Å². The Morgan fingerprint density at radius 3 is 1.51 bits per heavy atom. The third kappa shape index (κ3) is 3.11. The van der Waals surface area contributed by atoms with Gasteiger partial charge in [0.2, 0.25) is 0 Å². The van der Waals surface area contributed by atoms with Crippen LogP contribution in [0.1, 0.15) is 0 Å². The maximum Gasteiger partial charge on any atom is 0.605 e. The number of fused-ring (bicyclic) bond motifs is 7. The van der Waals surface area contributed by atoms with Gasteiger partial charge < -0.3 is 4.40 Å². The smallest absolute Gasteiger partial charge is 0.308 e. The third-order valence-corrected chi connectivity index (χ3v) is 9.89. The van der Waals surface area contributed by atoms with Gasteiger partial charge in [0.1, 0.15) is 11.0 Å². The molecule has 0 aliphatic rings. The molecular weight excluding hydrogens is 521 g/mol. The first-order valence-corrected chi connectivity index (χ1v) is 14.9. The van der Waals surface area contributed by atoms with E-state index >= 15 is 0 Å².